The van der Waals surface area contributed by atoms with Crippen molar-refractivity contribution < 1.29 is 14.2 Å². The Morgan fingerprint density at radius 2 is 1.83 bits per heavy atom. The van der Waals surface area contributed by atoms with Gasteiger partial charge in [-0.05, 0) is 24.6 Å². The maximum Gasteiger partial charge on any atom is 0.218 e. The number of benzene rings is 1. The van der Waals surface area contributed by atoms with Gasteiger partial charge in [0.1, 0.15) is 5.75 Å². The fourth-order valence-corrected chi connectivity index (χ4v) is 2.65. The van der Waals surface area contributed by atoms with Gasteiger partial charge < -0.3 is 24.8 Å². The van der Waals surface area contributed by atoms with Gasteiger partial charge in [0.2, 0.25) is 5.88 Å². The van der Waals surface area contributed by atoms with Crippen LogP contribution in [0.5, 0.6) is 11.6 Å². The third-order valence-electron chi connectivity index (χ3n) is 4.13. The number of nitrogens with zero attached hydrogens (tertiary/aromatic N) is 2. The second kappa shape index (κ2) is 14.0. The van der Waals surface area contributed by atoms with Crippen molar-refractivity contribution >= 4 is 29.9 Å². The molecule has 0 bridgehead atoms. The van der Waals surface area contributed by atoms with E-state index in [-0.39, 0.29) is 24.0 Å². The van der Waals surface area contributed by atoms with E-state index in [0.717, 1.165) is 28.9 Å². The van der Waals surface area contributed by atoms with Crippen LogP contribution in [-0.4, -0.2) is 45.4 Å². The summed E-state index contributed by atoms with van der Waals surface area (Å²) in [5.74, 6) is 2.18. The fourth-order valence-electron chi connectivity index (χ4n) is 2.65. The van der Waals surface area contributed by atoms with E-state index in [1.807, 2.05) is 12.1 Å². The molecule has 1 aromatic carbocycles. The molecule has 0 saturated heterocycles. The number of aromatic nitrogens is 1. The van der Waals surface area contributed by atoms with Crippen LogP contribution in [0.4, 0.5) is 0 Å². The van der Waals surface area contributed by atoms with Gasteiger partial charge >= 0.3 is 0 Å². The van der Waals surface area contributed by atoms with Crippen LogP contribution in [0, 0.1) is 6.92 Å². The predicted molar refractivity (Wildman–Crippen MR) is 126 cm³/mol. The van der Waals surface area contributed by atoms with Crippen molar-refractivity contribution in [3.8, 4) is 11.6 Å². The molecule has 0 atom stereocenters. The number of methoxy groups -OCH3 is 2. The van der Waals surface area contributed by atoms with Crippen LogP contribution in [-0.2, 0) is 17.8 Å². The Bertz CT molecular complexity index is 771. The molecule has 1 aromatic heterocycles. The lowest BCUT2D eigenvalue weighted by atomic mass is 10.1. The van der Waals surface area contributed by atoms with Crippen molar-refractivity contribution in [2.45, 2.75) is 26.4 Å². The smallest absolute Gasteiger partial charge is 0.218 e. The van der Waals surface area contributed by atoms with Crippen molar-refractivity contribution in [1.29, 1.82) is 0 Å². The van der Waals surface area contributed by atoms with Crippen LogP contribution in [0.25, 0.3) is 0 Å². The third-order valence-corrected chi connectivity index (χ3v) is 4.13. The van der Waals surface area contributed by atoms with E-state index < -0.39 is 0 Å². The summed E-state index contributed by atoms with van der Waals surface area (Å²) in [6, 6.07) is 10.1. The summed E-state index contributed by atoms with van der Waals surface area (Å²) in [5.41, 5.74) is 3.20. The van der Waals surface area contributed by atoms with E-state index in [0.29, 0.717) is 38.1 Å². The molecule has 0 radical (unpaired) electrons. The van der Waals surface area contributed by atoms with Gasteiger partial charge in [0.15, 0.2) is 5.96 Å². The molecule has 0 amide bonds. The lowest BCUT2D eigenvalue weighted by molar-refractivity contribution is 0.171. The van der Waals surface area contributed by atoms with Crippen LogP contribution < -0.4 is 20.1 Å². The normalized spacial score (nSPS) is 10.8. The molecular formula is C21H31IN4O3. The molecule has 0 saturated carbocycles. The summed E-state index contributed by atoms with van der Waals surface area (Å²) in [6.45, 7) is 4.53. The van der Waals surface area contributed by atoms with E-state index in [1.54, 1.807) is 27.5 Å². The highest BCUT2D eigenvalue weighted by Crippen LogP contribution is 2.20. The van der Waals surface area contributed by atoms with Crippen molar-refractivity contribution in [1.82, 2.24) is 15.6 Å². The van der Waals surface area contributed by atoms with Gasteiger partial charge in [-0.15, -0.1) is 24.0 Å². The number of hydrogen-bond acceptors (Lipinski definition) is 5. The number of hydrogen-bond donors (Lipinski definition) is 2. The van der Waals surface area contributed by atoms with Crippen molar-refractivity contribution in [3.63, 3.8) is 0 Å². The lowest BCUT2D eigenvalue weighted by Gasteiger charge is -2.16. The Morgan fingerprint density at radius 3 is 2.52 bits per heavy atom. The molecule has 2 rings (SSSR count). The summed E-state index contributed by atoms with van der Waals surface area (Å²) in [7, 11) is 5.05. The van der Waals surface area contributed by atoms with Gasteiger partial charge in [0.25, 0.3) is 0 Å². The van der Waals surface area contributed by atoms with E-state index in [1.165, 1.54) is 0 Å². The van der Waals surface area contributed by atoms with Crippen LogP contribution in [0.2, 0.25) is 0 Å². The first-order chi connectivity index (χ1) is 13.7. The van der Waals surface area contributed by atoms with E-state index in [2.05, 4.69) is 45.7 Å². The molecule has 0 fully saturated rings. The zero-order chi connectivity index (χ0) is 20.2. The number of rotatable bonds is 10. The quantitative estimate of drug-likeness (QED) is 0.219. The van der Waals surface area contributed by atoms with Gasteiger partial charge in [-0.2, -0.15) is 0 Å². The Balaban J connectivity index is 0.00000420. The Morgan fingerprint density at radius 1 is 1.07 bits per heavy atom. The van der Waals surface area contributed by atoms with Crippen LogP contribution in [0.1, 0.15) is 23.1 Å². The molecule has 0 aliphatic carbocycles. The first kappa shape index (κ1) is 25.0. The zero-order valence-electron chi connectivity index (χ0n) is 17.5. The highest BCUT2D eigenvalue weighted by Gasteiger charge is 2.08. The maximum atomic E-state index is 5.94. The molecule has 2 N–H and O–H groups in total. The van der Waals surface area contributed by atoms with Gasteiger partial charge in [0.05, 0.1) is 13.7 Å². The van der Waals surface area contributed by atoms with E-state index in [4.69, 9.17) is 14.2 Å². The number of guanidine groups is 1. The number of halogens is 1. The Kier molecular flexibility index (Phi) is 12.1. The van der Waals surface area contributed by atoms with Crippen LogP contribution >= 0.6 is 24.0 Å². The van der Waals surface area contributed by atoms with Crippen LogP contribution in [0.15, 0.2) is 41.5 Å². The minimum absolute atomic E-state index is 0. The molecule has 7 nitrogen and oxygen atoms in total. The highest BCUT2D eigenvalue weighted by atomic mass is 127. The average Bonchev–Trinajstić information content (AvgIpc) is 2.72. The van der Waals surface area contributed by atoms with Gasteiger partial charge in [-0.25, -0.2) is 4.98 Å². The van der Waals surface area contributed by atoms with E-state index in [9.17, 15) is 0 Å². The maximum absolute atomic E-state index is 5.94. The summed E-state index contributed by atoms with van der Waals surface area (Å²) in [5, 5.41) is 6.61. The number of aryl methyl sites for hydroxylation is 1. The van der Waals surface area contributed by atoms with Gasteiger partial charge in [-0.3, -0.25) is 4.99 Å². The molecule has 29 heavy (non-hydrogen) atoms. The molecular weight excluding hydrogens is 483 g/mol. The number of pyridine rings is 1. The second-order valence-corrected chi connectivity index (χ2v) is 6.26. The summed E-state index contributed by atoms with van der Waals surface area (Å²) in [6.07, 6.45) is 2.56. The second-order valence-electron chi connectivity index (χ2n) is 6.26. The minimum Gasteiger partial charge on any atom is -0.493 e. The van der Waals surface area contributed by atoms with Crippen molar-refractivity contribution in [3.05, 3.63) is 53.2 Å². The first-order valence-electron chi connectivity index (χ1n) is 9.31. The highest BCUT2D eigenvalue weighted by molar-refractivity contribution is 14.0. The lowest BCUT2D eigenvalue weighted by Crippen LogP contribution is -2.36. The fraction of sp³-hybridized carbons (Fsp3) is 0.429. The van der Waals surface area contributed by atoms with Crippen LogP contribution in [0.3, 0.4) is 0 Å². The molecule has 160 valence electrons. The van der Waals surface area contributed by atoms with Crippen molar-refractivity contribution in [2.24, 2.45) is 4.99 Å². The molecule has 0 aliphatic heterocycles. The summed E-state index contributed by atoms with van der Waals surface area (Å²) >= 11 is 0. The largest absolute Gasteiger partial charge is 0.493 e. The standard InChI is InChI=1S/C21H30N4O3.HI/c1-16-8-9-17(19(13-16)28-12-6-11-26-3)14-24-21(22-2)25-15-18-7-5-10-23-20(18)27-4;/h5,7-10,13H,6,11-12,14-15H2,1-4H3,(H2,22,24,25);1H. The molecule has 0 spiro atoms. The number of nitrogens with one attached hydrogen (secondary N) is 2. The molecule has 1 heterocycles. The summed E-state index contributed by atoms with van der Waals surface area (Å²) in [4.78, 5) is 8.49. The average molecular weight is 514 g/mol. The van der Waals surface area contributed by atoms with E-state index >= 15 is 0 Å². The monoisotopic (exact) mass is 514 g/mol. The predicted octanol–water partition coefficient (Wildman–Crippen LogP) is 3.30. The molecule has 0 aliphatic rings. The third kappa shape index (κ3) is 8.45. The summed E-state index contributed by atoms with van der Waals surface area (Å²) < 4.78 is 16.3. The molecule has 8 heteroatoms. The minimum atomic E-state index is 0. The Labute approximate surface area is 190 Å². The van der Waals surface area contributed by atoms with Crippen molar-refractivity contribution in [2.75, 3.05) is 34.5 Å². The first-order valence-corrected chi connectivity index (χ1v) is 9.31. The topological polar surface area (TPSA) is 77.0 Å². The van der Waals surface area contributed by atoms with Gasteiger partial charge in [0, 0.05) is 57.6 Å². The SMILES string of the molecule is CN=C(NCc1ccc(C)cc1OCCCOC)NCc1cccnc1OC.I. The molecule has 2 aromatic rings. The zero-order valence-corrected chi connectivity index (χ0v) is 19.9. The number of aliphatic imine (C=N–C) groups is 1. The Hall–Kier alpha value is -2.07. The molecule has 0 unspecified atom stereocenters. The number of ether oxygens (including phenoxy) is 3. The van der Waals surface area contributed by atoms with Gasteiger partial charge in [-0.1, -0.05) is 18.2 Å².